The third-order valence-corrected chi connectivity index (χ3v) is 7.46. The highest BCUT2D eigenvalue weighted by atomic mass is 19.4. The van der Waals surface area contributed by atoms with Crippen molar-refractivity contribution in [3.63, 3.8) is 0 Å². The van der Waals surface area contributed by atoms with E-state index in [0.29, 0.717) is 18.0 Å². The Balaban J connectivity index is 1.19. The van der Waals surface area contributed by atoms with Crippen LogP contribution in [0.3, 0.4) is 0 Å². The number of benzene rings is 2. The van der Waals surface area contributed by atoms with Crippen LogP contribution in [0.4, 0.5) is 24.5 Å². The molecule has 2 aromatic carbocycles. The molecule has 1 aliphatic carbocycles. The van der Waals surface area contributed by atoms with E-state index in [2.05, 4.69) is 41.4 Å². The number of piperazine rings is 1. The standard InChI is InChI=1S/C28H33F3N4O/c1-20-2-11-25(12-3-20)34-14-16-35(17-15-34)27(36)13-6-21-4-8-23(9-5-21)33-24-10-7-22(19-32)26(18-24)28(29,30)31/h2-3,7,10-12,18,21,23,33H,4-6,8-9,13-17H2,1H3/t21-,23-. The van der Waals surface area contributed by atoms with Crippen LogP contribution in [0.1, 0.15) is 55.2 Å². The minimum atomic E-state index is -4.56. The Bertz CT molecular complexity index is 1080. The third kappa shape index (κ3) is 6.51. The molecule has 0 atom stereocenters. The van der Waals surface area contributed by atoms with Crippen LogP contribution in [-0.4, -0.2) is 43.0 Å². The van der Waals surface area contributed by atoms with E-state index >= 15 is 0 Å². The SMILES string of the molecule is Cc1ccc(N2CCN(C(=O)CC[C@H]3CC[C@H](Nc4ccc(C#N)c(C(F)(F)F)c4)CC3)CC2)cc1. The number of hydrogen-bond donors (Lipinski definition) is 1. The van der Waals surface area contributed by atoms with Crippen molar-refractivity contribution in [2.24, 2.45) is 5.92 Å². The molecule has 0 aromatic heterocycles. The monoisotopic (exact) mass is 498 g/mol. The molecule has 0 radical (unpaired) electrons. The molecule has 2 aliphatic rings. The van der Waals surface area contributed by atoms with Crippen LogP contribution in [0.15, 0.2) is 42.5 Å². The fourth-order valence-electron chi connectivity index (χ4n) is 5.25. The molecule has 192 valence electrons. The summed E-state index contributed by atoms with van der Waals surface area (Å²) in [5.41, 5.74) is 1.57. The van der Waals surface area contributed by atoms with Gasteiger partial charge in [0.15, 0.2) is 0 Å². The topological polar surface area (TPSA) is 59.4 Å². The van der Waals surface area contributed by atoms with E-state index in [0.717, 1.165) is 64.3 Å². The lowest BCUT2D eigenvalue weighted by Crippen LogP contribution is -2.48. The molecule has 1 heterocycles. The number of carbonyl (C=O) groups excluding carboxylic acids is 1. The van der Waals surface area contributed by atoms with Gasteiger partial charge in [-0.2, -0.15) is 18.4 Å². The van der Waals surface area contributed by atoms with Gasteiger partial charge in [-0.3, -0.25) is 4.79 Å². The molecule has 2 fully saturated rings. The Morgan fingerprint density at radius 2 is 1.69 bits per heavy atom. The highest BCUT2D eigenvalue weighted by Crippen LogP contribution is 2.35. The predicted octanol–water partition coefficient (Wildman–Crippen LogP) is 5.99. The molecular formula is C28H33F3N4O. The van der Waals surface area contributed by atoms with Gasteiger partial charge < -0.3 is 15.1 Å². The first-order chi connectivity index (χ1) is 17.2. The maximum absolute atomic E-state index is 13.2. The van der Waals surface area contributed by atoms with Crippen molar-refractivity contribution in [3.05, 3.63) is 59.2 Å². The summed E-state index contributed by atoms with van der Waals surface area (Å²) < 4.78 is 39.7. The van der Waals surface area contributed by atoms with E-state index in [4.69, 9.17) is 5.26 Å². The number of carbonyl (C=O) groups is 1. The highest BCUT2D eigenvalue weighted by Gasteiger charge is 2.34. The zero-order chi connectivity index (χ0) is 25.7. The van der Waals surface area contributed by atoms with Crippen molar-refractivity contribution >= 4 is 17.3 Å². The van der Waals surface area contributed by atoms with Crippen LogP contribution in [0.5, 0.6) is 0 Å². The Hall–Kier alpha value is -3.21. The van der Waals surface area contributed by atoms with Gasteiger partial charge in [0.2, 0.25) is 5.91 Å². The van der Waals surface area contributed by atoms with Crippen LogP contribution >= 0.6 is 0 Å². The molecule has 0 bridgehead atoms. The number of anilines is 2. The molecule has 0 unspecified atom stereocenters. The summed E-state index contributed by atoms with van der Waals surface area (Å²) in [4.78, 5) is 17.1. The van der Waals surface area contributed by atoms with Crippen LogP contribution in [0.2, 0.25) is 0 Å². The second-order valence-corrected chi connectivity index (χ2v) is 9.97. The van der Waals surface area contributed by atoms with Crippen molar-refractivity contribution in [1.82, 2.24) is 4.90 Å². The lowest BCUT2D eigenvalue weighted by molar-refractivity contribution is -0.137. The van der Waals surface area contributed by atoms with Gasteiger partial charge in [0, 0.05) is 50.0 Å². The van der Waals surface area contributed by atoms with Crippen molar-refractivity contribution in [1.29, 1.82) is 5.26 Å². The summed E-state index contributed by atoms with van der Waals surface area (Å²) >= 11 is 0. The molecule has 4 rings (SSSR count). The maximum Gasteiger partial charge on any atom is 0.417 e. The van der Waals surface area contributed by atoms with Gasteiger partial charge in [-0.25, -0.2) is 0 Å². The molecule has 5 nitrogen and oxygen atoms in total. The van der Waals surface area contributed by atoms with E-state index in [1.54, 1.807) is 6.07 Å². The van der Waals surface area contributed by atoms with E-state index in [9.17, 15) is 18.0 Å². The van der Waals surface area contributed by atoms with Gasteiger partial charge in [0.25, 0.3) is 0 Å². The highest BCUT2D eigenvalue weighted by molar-refractivity contribution is 5.76. The molecule has 8 heteroatoms. The quantitative estimate of drug-likeness (QED) is 0.532. The van der Waals surface area contributed by atoms with Gasteiger partial charge in [-0.05, 0) is 75.3 Å². The molecule has 1 saturated heterocycles. The van der Waals surface area contributed by atoms with Crippen molar-refractivity contribution in [3.8, 4) is 6.07 Å². The Labute approximate surface area is 210 Å². The first kappa shape index (κ1) is 25.9. The van der Waals surface area contributed by atoms with E-state index in [-0.39, 0.29) is 17.5 Å². The number of alkyl halides is 3. The lowest BCUT2D eigenvalue weighted by atomic mass is 9.83. The maximum atomic E-state index is 13.2. The summed E-state index contributed by atoms with van der Waals surface area (Å²) in [6, 6.07) is 14.0. The number of amides is 1. The fourth-order valence-corrected chi connectivity index (χ4v) is 5.25. The summed E-state index contributed by atoms with van der Waals surface area (Å²) in [6.45, 7) is 5.25. The minimum absolute atomic E-state index is 0.0980. The van der Waals surface area contributed by atoms with Gasteiger partial charge in [0.1, 0.15) is 0 Å². The molecule has 1 saturated carbocycles. The van der Waals surface area contributed by atoms with Crippen LogP contribution in [-0.2, 0) is 11.0 Å². The predicted molar refractivity (Wildman–Crippen MR) is 135 cm³/mol. The average molecular weight is 499 g/mol. The number of aryl methyl sites for hydroxylation is 1. The molecule has 1 amide bonds. The number of nitrogens with zero attached hydrogens (tertiary/aromatic N) is 3. The lowest BCUT2D eigenvalue weighted by Gasteiger charge is -2.36. The number of nitriles is 1. The van der Waals surface area contributed by atoms with E-state index in [1.165, 1.54) is 23.4 Å². The minimum Gasteiger partial charge on any atom is -0.382 e. The first-order valence-electron chi connectivity index (χ1n) is 12.7. The van der Waals surface area contributed by atoms with Crippen LogP contribution < -0.4 is 10.2 Å². The van der Waals surface area contributed by atoms with E-state index < -0.39 is 11.7 Å². The van der Waals surface area contributed by atoms with Crippen molar-refractivity contribution in [2.75, 3.05) is 36.4 Å². The summed E-state index contributed by atoms with van der Waals surface area (Å²) in [5, 5.41) is 12.2. The van der Waals surface area contributed by atoms with Crippen molar-refractivity contribution < 1.29 is 18.0 Å². The average Bonchev–Trinajstić information content (AvgIpc) is 2.88. The molecule has 1 N–H and O–H groups in total. The second-order valence-electron chi connectivity index (χ2n) is 9.97. The number of hydrogen-bond acceptors (Lipinski definition) is 4. The fraction of sp³-hybridized carbons (Fsp3) is 0.500. The zero-order valence-corrected chi connectivity index (χ0v) is 20.7. The molecule has 2 aromatic rings. The zero-order valence-electron chi connectivity index (χ0n) is 20.7. The second kappa shape index (κ2) is 11.2. The Morgan fingerprint density at radius 1 is 1.03 bits per heavy atom. The van der Waals surface area contributed by atoms with Crippen LogP contribution in [0.25, 0.3) is 0 Å². The third-order valence-electron chi connectivity index (χ3n) is 7.46. The Kier molecular flexibility index (Phi) is 8.07. The molecular weight excluding hydrogens is 465 g/mol. The van der Waals surface area contributed by atoms with Gasteiger partial charge in [0.05, 0.1) is 17.2 Å². The Morgan fingerprint density at radius 3 is 2.31 bits per heavy atom. The largest absolute Gasteiger partial charge is 0.417 e. The number of nitrogens with one attached hydrogen (secondary N) is 1. The van der Waals surface area contributed by atoms with Crippen LogP contribution in [0, 0.1) is 24.2 Å². The normalized spacial score (nSPS) is 20.6. The van der Waals surface area contributed by atoms with Gasteiger partial charge in [-0.15, -0.1) is 0 Å². The number of rotatable bonds is 6. The number of halogens is 3. The van der Waals surface area contributed by atoms with Crippen molar-refractivity contribution in [2.45, 2.75) is 57.7 Å². The first-order valence-corrected chi connectivity index (χ1v) is 12.7. The summed E-state index contributed by atoms with van der Waals surface area (Å²) in [7, 11) is 0. The molecule has 0 spiro atoms. The summed E-state index contributed by atoms with van der Waals surface area (Å²) in [5.74, 6) is 0.684. The van der Waals surface area contributed by atoms with Gasteiger partial charge >= 0.3 is 6.18 Å². The summed E-state index contributed by atoms with van der Waals surface area (Å²) in [6.07, 6.45) is 0.477. The molecule has 1 aliphatic heterocycles. The smallest absolute Gasteiger partial charge is 0.382 e. The van der Waals surface area contributed by atoms with E-state index in [1.807, 2.05) is 4.90 Å². The van der Waals surface area contributed by atoms with Gasteiger partial charge in [-0.1, -0.05) is 17.7 Å². The molecule has 36 heavy (non-hydrogen) atoms.